The van der Waals surface area contributed by atoms with E-state index in [-0.39, 0.29) is 5.78 Å². The van der Waals surface area contributed by atoms with Gasteiger partial charge in [0.2, 0.25) is 0 Å². The van der Waals surface area contributed by atoms with Crippen molar-refractivity contribution in [1.29, 1.82) is 0 Å². The van der Waals surface area contributed by atoms with Crippen LogP contribution >= 0.6 is 0 Å². The zero-order valence-electron chi connectivity index (χ0n) is 10.3. The molecule has 0 saturated carbocycles. The second-order valence-corrected chi connectivity index (χ2v) is 4.34. The fourth-order valence-corrected chi connectivity index (χ4v) is 2.11. The Morgan fingerprint density at radius 1 is 1.00 bits per heavy atom. The highest BCUT2D eigenvalue weighted by molar-refractivity contribution is 6.07. The number of benzene rings is 1. The van der Waals surface area contributed by atoms with Crippen molar-refractivity contribution in [2.75, 3.05) is 0 Å². The lowest BCUT2D eigenvalue weighted by atomic mass is 10.0. The number of pyridine rings is 2. The smallest absolute Gasteiger partial charge is 0.169 e. The average molecular weight is 248 g/mol. The molecule has 3 rings (SSSR count). The number of Topliss-reactive ketones (excluding diaryl/α,β-unsaturated/α-hetero) is 1. The number of hydrogen-bond donors (Lipinski definition) is 0. The zero-order valence-corrected chi connectivity index (χ0v) is 10.3. The van der Waals surface area contributed by atoms with E-state index in [0.29, 0.717) is 12.0 Å². The zero-order chi connectivity index (χ0) is 13.1. The van der Waals surface area contributed by atoms with Gasteiger partial charge >= 0.3 is 0 Å². The number of hydrogen-bond acceptors (Lipinski definition) is 3. The molecule has 92 valence electrons. The molecule has 0 atom stereocenters. The van der Waals surface area contributed by atoms with Gasteiger partial charge in [0.15, 0.2) is 5.78 Å². The number of rotatable bonds is 3. The standard InChI is InChI=1S/C16H12N2O/c19-15(10-12-4-2-8-17-11-12)14-7-1-5-13-6-3-9-18-16(13)14/h1-9,11H,10H2. The first-order chi connectivity index (χ1) is 9.34. The summed E-state index contributed by atoms with van der Waals surface area (Å²) in [6, 6.07) is 13.3. The normalized spacial score (nSPS) is 10.5. The Bertz CT molecular complexity index is 718. The molecule has 0 spiro atoms. The third-order valence-electron chi connectivity index (χ3n) is 3.02. The van der Waals surface area contributed by atoms with Crippen LogP contribution in [0.3, 0.4) is 0 Å². The van der Waals surface area contributed by atoms with E-state index in [1.807, 2.05) is 42.5 Å². The van der Waals surface area contributed by atoms with Gasteiger partial charge in [0.25, 0.3) is 0 Å². The molecular formula is C16H12N2O. The van der Waals surface area contributed by atoms with Crippen LogP contribution in [0.4, 0.5) is 0 Å². The molecule has 3 aromatic rings. The minimum absolute atomic E-state index is 0.0669. The van der Waals surface area contributed by atoms with Gasteiger partial charge < -0.3 is 0 Å². The van der Waals surface area contributed by atoms with Gasteiger partial charge in [0.1, 0.15) is 0 Å². The van der Waals surface area contributed by atoms with Gasteiger partial charge in [-0.15, -0.1) is 0 Å². The fourth-order valence-electron chi connectivity index (χ4n) is 2.11. The second kappa shape index (κ2) is 4.98. The predicted molar refractivity (Wildman–Crippen MR) is 74.0 cm³/mol. The molecule has 0 amide bonds. The number of fused-ring (bicyclic) bond motifs is 1. The van der Waals surface area contributed by atoms with Gasteiger partial charge in [-0.2, -0.15) is 0 Å². The Morgan fingerprint density at radius 3 is 2.68 bits per heavy atom. The minimum atomic E-state index is 0.0669. The summed E-state index contributed by atoms with van der Waals surface area (Å²) in [4.78, 5) is 20.7. The van der Waals surface area contributed by atoms with Crippen molar-refractivity contribution in [1.82, 2.24) is 9.97 Å². The highest BCUT2D eigenvalue weighted by Gasteiger charge is 2.11. The molecule has 0 aliphatic carbocycles. The van der Waals surface area contributed by atoms with Crippen LogP contribution in [0, 0.1) is 0 Å². The molecule has 0 radical (unpaired) electrons. The summed E-state index contributed by atoms with van der Waals surface area (Å²) < 4.78 is 0. The molecule has 0 N–H and O–H groups in total. The molecule has 0 bridgehead atoms. The van der Waals surface area contributed by atoms with Crippen LogP contribution in [0.1, 0.15) is 15.9 Å². The Hall–Kier alpha value is -2.55. The minimum Gasteiger partial charge on any atom is -0.294 e. The van der Waals surface area contributed by atoms with Gasteiger partial charge in [0, 0.05) is 36.0 Å². The molecule has 3 nitrogen and oxygen atoms in total. The van der Waals surface area contributed by atoms with E-state index in [0.717, 1.165) is 16.5 Å². The fraction of sp³-hybridized carbons (Fsp3) is 0.0625. The molecule has 0 fully saturated rings. The van der Waals surface area contributed by atoms with E-state index < -0.39 is 0 Å². The first-order valence-corrected chi connectivity index (χ1v) is 6.10. The van der Waals surface area contributed by atoms with Crippen molar-refractivity contribution in [3.8, 4) is 0 Å². The Balaban J connectivity index is 1.98. The monoisotopic (exact) mass is 248 g/mol. The summed E-state index contributed by atoms with van der Waals surface area (Å²) in [5, 5.41) is 0.986. The maximum Gasteiger partial charge on any atom is 0.169 e. The van der Waals surface area contributed by atoms with Crippen LogP contribution in [0.25, 0.3) is 10.9 Å². The van der Waals surface area contributed by atoms with Crippen molar-refractivity contribution in [3.63, 3.8) is 0 Å². The third kappa shape index (κ3) is 2.36. The molecule has 0 aliphatic rings. The van der Waals surface area contributed by atoms with Gasteiger partial charge in [0.05, 0.1) is 5.52 Å². The number of carbonyl (C=O) groups is 1. The van der Waals surface area contributed by atoms with Crippen molar-refractivity contribution in [2.45, 2.75) is 6.42 Å². The van der Waals surface area contributed by atoms with E-state index in [2.05, 4.69) is 9.97 Å². The Kier molecular flexibility index (Phi) is 3.02. The average Bonchev–Trinajstić information content (AvgIpc) is 2.47. The molecule has 2 aromatic heterocycles. The highest BCUT2D eigenvalue weighted by atomic mass is 16.1. The first-order valence-electron chi connectivity index (χ1n) is 6.10. The van der Waals surface area contributed by atoms with Crippen molar-refractivity contribution < 1.29 is 4.79 Å². The van der Waals surface area contributed by atoms with Crippen LogP contribution in [0.2, 0.25) is 0 Å². The van der Waals surface area contributed by atoms with E-state index >= 15 is 0 Å². The molecule has 2 heterocycles. The summed E-state index contributed by atoms with van der Waals surface area (Å²) in [7, 11) is 0. The lowest BCUT2D eigenvalue weighted by Gasteiger charge is -2.04. The van der Waals surface area contributed by atoms with Gasteiger partial charge in [-0.1, -0.05) is 24.3 Å². The molecule has 0 aliphatic heterocycles. The molecule has 19 heavy (non-hydrogen) atoms. The SMILES string of the molecule is O=C(Cc1cccnc1)c1cccc2cccnc12. The maximum absolute atomic E-state index is 12.4. The number of aromatic nitrogens is 2. The van der Waals surface area contributed by atoms with Crippen molar-refractivity contribution in [2.24, 2.45) is 0 Å². The second-order valence-electron chi connectivity index (χ2n) is 4.34. The van der Waals surface area contributed by atoms with Crippen LogP contribution in [-0.4, -0.2) is 15.8 Å². The number of carbonyl (C=O) groups excluding carboxylic acids is 1. The maximum atomic E-state index is 12.4. The highest BCUT2D eigenvalue weighted by Crippen LogP contribution is 2.17. The van der Waals surface area contributed by atoms with Gasteiger partial charge in [-0.05, 0) is 23.8 Å². The number of para-hydroxylation sites is 1. The summed E-state index contributed by atoms with van der Waals surface area (Å²) in [6.07, 6.45) is 5.48. The molecule has 3 heteroatoms. The summed E-state index contributed by atoms with van der Waals surface area (Å²) in [5.74, 6) is 0.0669. The third-order valence-corrected chi connectivity index (χ3v) is 3.02. The first kappa shape index (κ1) is 11.5. The van der Waals surface area contributed by atoms with Crippen molar-refractivity contribution in [3.05, 3.63) is 72.2 Å². The van der Waals surface area contributed by atoms with Gasteiger partial charge in [-0.25, -0.2) is 0 Å². The Labute approximate surface area is 111 Å². The van der Waals surface area contributed by atoms with E-state index in [1.54, 1.807) is 18.6 Å². The van der Waals surface area contributed by atoms with E-state index in [1.165, 1.54) is 0 Å². The molecule has 0 unspecified atom stereocenters. The number of nitrogens with zero attached hydrogens (tertiary/aromatic N) is 2. The summed E-state index contributed by atoms with van der Waals surface area (Å²) in [5.41, 5.74) is 2.35. The van der Waals surface area contributed by atoms with E-state index in [4.69, 9.17) is 0 Å². The lowest BCUT2D eigenvalue weighted by Crippen LogP contribution is -2.05. The molecule has 0 saturated heterocycles. The lowest BCUT2D eigenvalue weighted by molar-refractivity contribution is 0.0994. The predicted octanol–water partition coefficient (Wildman–Crippen LogP) is 3.06. The topological polar surface area (TPSA) is 42.9 Å². The molecular weight excluding hydrogens is 236 g/mol. The van der Waals surface area contributed by atoms with Crippen LogP contribution in [0.15, 0.2) is 61.1 Å². The Morgan fingerprint density at radius 2 is 1.84 bits per heavy atom. The quantitative estimate of drug-likeness (QED) is 0.669. The van der Waals surface area contributed by atoms with E-state index in [9.17, 15) is 4.79 Å². The van der Waals surface area contributed by atoms with Crippen molar-refractivity contribution >= 4 is 16.7 Å². The molecule has 1 aromatic carbocycles. The van der Waals surface area contributed by atoms with Crippen LogP contribution < -0.4 is 0 Å². The van der Waals surface area contributed by atoms with Crippen LogP contribution in [-0.2, 0) is 6.42 Å². The summed E-state index contributed by atoms with van der Waals surface area (Å²) >= 11 is 0. The largest absolute Gasteiger partial charge is 0.294 e. The van der Waals surface area contributed by atoms with Gasteiger partial charge in [-0.3, -0.25) is 14.8 Å². The summed E-state index contributed by atoms with van der Waals surface area (Å²) in [6.45, 7) is 0. The number of ketones is 1. The van der Waals surface area contributed by atoms with Crippen LogP contribution in [0.5, 0.6) is 0 Å².